The van der Waals surface area contributed by atoms with E-state index in [1.165, 1.54) is 11.1 Å². The molecule has 0 atom stereocenters. The molecule has 0 radical (unpaired) electrons. The number of aryl methyl sites for hydroxylation is 1. The first-order valence-electron chi connectivity index (χ1n) is 6.26. The highest BCUT2D eigenvalue weighted by Gasteiger charge is 2.02. The van der Waals surface area contributed by atoms with E-state index in [1.54, 1.807) is 7.11 Å². The number of rotatable bonds is 8. The van der Waals surface area contributed by atoms with Crippen LogP contribution in [0.5, 0.6) is 5.75 Å². The summed E-state index contributed by atoms with van der Waals surface area (Å²) in [5.41, 5.74) is 2.44. The number of hydrogen-bond acceptors (Lipinski definition) is 3. The van der Waals surface area contributed by atoms with Crippen molar-refractivity contribution >= 4 is 0 Å². The number of ether oxygens (including phenoxy) is 2. The van der Waals surface area contributed by atoms with Gasteiger partial charge in [0.25, 0.3) is 0 Å². The molecule has 0 aromatic heterocycles. The Morgan fingerprint density at radius 3 is 2.71 bits per heavy atom. The van der Waals surface area contributed by atoms with Gasteiger partial charge in [0.2, 0.25) is 0 Å². The summed E-state index contributed by atoms with van der Waals surface area (Å²) in [7, 11) is 1.71. The van der Waals surface area contributed by atoms with E-state index in [0.29, 0.717) is 6.61 Å². The summed E-state index contributed by atoms with van der Waals surface area (Å²) >= 11 is 0. The molecule has 0 unspecified atom stereocenters. The van der Waals surface area contributed by atoms with Crippen molar-refractivity contribution in [1.82, 2.24) is 5.32 Å². The summed E-state index contributed by atoms with van der Waals surface area (Å²) in [5.74, 6) is 0.962. The molecule has 1 rings (SSSR count). The van der Waals surface area contributed by atoms with E-state index in [4.69, 9.17) is 9.47 Å². The van der Waals surface area contributed by atoms with Crippen LogP contribution in [-0.4, -0.2) is 26.8 Å². The number of hydrogen-bond donors (Lipinski definition) is 1. The minimum atomic E-state index is 0.669. The van der Waals surface area contributed by atoms with Crippen molar-refractivity contribution in [3.05, 3.63) is 29.3 Å². The van der Waals surface area contributed by atoms with Gasteiger partial charge in [-0.15, -0.1) is 0 Å². The zero-order valence-corrected chi connectivity index (χ0v) is 11.1. The van der Waals surface area contributed by atoms with E-state index in [0.717, 1.165) is 31.9 Å². The quantitative estimate of drug-likeness (QED) is 0.704. The molecule has 3 heteroatoms. The van der Waals surface area contributed by atoms with E-state index in [9.17, 15) is 0 Å². The molecule has 0 amide bonds. The topological polar surface area (TPSA) is 30.5 Å². The van der Waals surface area contributed by atoms with Gasteiger partial charge in [-0.3, -0.25) is 0 Å². The third-order valence-electron chi connectivity index (χ3n) is 2.67. The molecule has 0 aliphatic rings. The van der Waals surface area contributed by atoms with Crippen LogP contribution in [0.3, 0.4) is 0 Å². The van der Waals surface area contributed by atoms with Gasteiger partial charge >= 0.3 is 0 Å². The molecule has 0 fully saturated rings. The van der Waals surface area contributed by atoms with Crippen molar-refractivity contribution in [3.8, 4) is 5.75 Å². The SMILES string of the molecule is CCNCCOCc1ccc(OC)c(CC)c1. The van der Waals surface area contributed by atoms with Gasteiger partial charge in [-0.05, 0) is 36.2 Å². The zero-order valence-electron chi connectivity index (χ0n) is 11.1. The van der Waals surface area contributed by atoms with E-state index in [1.807, 2.05) is 6.07 Å². The van der Waals surface area contributed by atoms with E-state index in [-0.39, 0.29) is 0 Å². The second-order valence-electron chi connectivity index (χ2n) is 3.91. The van der Waals surface area contributed by atoms with Crippen molar-refractivity contribution in [3.63, 3.8) is 0 Å². The molecule has 0 spiro atoms. The number of methoxy groups -OCH3 is 1. The van der Waals surface area contributed by atoms with Gasteiger partial charge in [0.05, 0.1) is 20.3 Å². The van der Waals surface area contributed by atoms with Crippen LogP contribution in [0.25, 0.3) is 0 Å². The minimum Gasteiger partial charge on any atom is -0.496 e. The molecule has 0 bridgehead atoms. The standard InChI is InChI=1S/C14H23NO2/c1-4-13-10-12(6-7-14(13)16-3)11-17-9-8-15-5-2/h6-7,10,15H,4-5,8-9,11H2,1-3H3. The van der Waals surface area contributed by atoms with Gasteiger partial charge in [0, 0.05) is 6.54 Å². The number of likely N-dealkylation sites (N-methyl/N-ethyl adjacent to an activating group) is 1. The highest BCUT2D eigenvalue weighted by molar-refractivity contribution is 5.37. The van der Waals surface area contributed by atoms with Crippen molar-refractivity contribution in [2.24, 2.45) is 0 Å². The monoisotopic (exact) mass is 237 g/mol. The highest BCUT2D eigenvalue weighted by Crippen LogP contribution is 2.20. The second-order valence-corrected chi connectivity index (χ2v) is 3.91. The van der Waals surface area contributed by atoms with Crippen LogP contribution in [0.4, 0.5) is 0 Å². The van der Waals surface area contributed by atoms with Gasteiger partial charge in [-0.1, -0.05) is 19.9 Å². The summed E-state index contributed by atoms with van der Waals surface area (Å²) < 4.78 is 10.9. The first-order valence-corrected chi connectivity index (χ1v) is 6.26. The summed E-state index contributed by atoms with van der Waals surface area (Å²) in [6.07, 6.45) is 0.981. The lowest BCUT2D eigenvalue weighted by Gasteiger charge is -2.10. The molecule has 1 aromatic rings. The molecule has 3 nitrogen and oxygen atoms in total. The maximum Gasteiger partial charge on any atom is 0.122 e. The molecule has 17 heavy (non-hydrogen) atoms. The molecule has 0 saturated heterocycles. The summed E-state index contributed by atoms with van der Waals surface area (Å²) in [6.45, 7) is 7.55. The van der Waals surface area contributed by atoms with Crippen molar-refractivity contribution in [1.29, 1.82) is 0 Å². The Balaban J connectivity index is 2.43. The molecular formula is C14H23NO2. The largest absolute Gasteiger partial charge is 0.496 e. The van der Waals surface area contributed by atoms with Crippen LogP contribution in [0.15, 0.2) is 18.2 Å². The van der Waals surface area contributed by atoms with Crippen LogP contribution < -0.4 is 10.1 Å². The maximum atomic E-state index is 5.59. The third kappa shape index (κ3) is 4.75. The van der Waals surface area contributed by atoms with Crippen LogP contribution in [0, 0.1) is 0 Å². The first-order chi connectivity index (χ1) is 8.31. The lowest BCUT2D eigenvalue weighted by atomic mass is 10.1. The van der Waals surface area contributed by atoms with Crippen molar-refractivity contribution < 1.29 is 9.47 Å². The maximum absolute atomic E-state index is 5.59. The number of nitrogens with one attached hydrogen (secondary N) is 1. The summed E-state index contributed by atoms with van der Waals surface area (Å²) in [6, 6.07) is 6.24. The molecule has 1 N–H and O–H groups in total. The Labute approximate surface area is 104 Å². The average Bonchev–Trinajstić information content (AvgIpc) is 2.38. The minimum absolute atomic E-state index is 0.669. The van der Waals surface area contributed by atoms with E-state index >= 15 is 0 Å². The molecule has 0 aliphatic carbocycles. The van der Waals surface area contributed by atoms with Crippen LogP contribution in [0.1, 0.15) is 25.0 Å². The van der Waals surface area contributed by atoms with Gasteiger partial charge in [-0.2, -0.15) is 0 Å². The molecular weight excluding hydrogens is 214 g/mol. The predicted molar refractivity (Wildman–Crippen MR) is 70.6 cm³/mol. The highest BCUT2D eigenvalue weighted by atomic mass is 16.5. The molecule has 0 heterocycles. The van der Waals surface area contributed by atoms with E-state index in [2.05, 4.69) is 31.3 Å². The normalized spacial score (nSPS) is 10.5. The summed E-state index contributed by atoms with van der Waals surface area (Å²) in [4.78, 5) is 0. The van der Waals surface area contributed by atoms with Crippen molar-refractivity contribution in [2.75, 3.05) is 26.8 Å². The Kier molecular flexibility index (Phi) is 6.67. The van der Waals surface area contributed by atoms with Crippen LogP contribution >= 0.6 is 0 Å². The Morgan fingerprint density at radius 2 is 2.06 bits per heavy atom. The molecule has 1 aromatic carbocycles. The smallest absolute Gasteiger partial charge is 0.122 e. The second kappa shape index (κ2) is 8.09. The van der Waals surface area contributed by atoms with E-state index < -0.39 is 0 Å². The Bertz CT molecular complexity index is 326. The van der Waals surface area contributed by atoms with Gasteiger partial charge in [0.1, 0.15) is 5.75 Å². The van der Waals surface area contributed by atoms with Gasteiger partial charge in [0.15, 0.2) is 0 Å². The van der Waals surface area contributed by atoms with Crippen LogP contribution in [-0.2, 0) is 17.8 Å². The first kappa shape index (κ1) is 14.0. The average molecular weight is 237 g/mol. The van der Waals surface area contributed by atoms with Gasteiger partial charge < -0.3 is 14.8 Å². The van der Waals surface area contributed by atoms with Crippen LogP contribution in [0.2, 0.25) is 0 Å². The zero-order chi connectivity index (χ0) is 12.5. The molecule has 0 aliphatic heterocycles. The fraction of sp³-hybridized carbons (Fsp3) is 0.571. The lowest BCUT2D eigenvalue weighted by molar-refractivity contribution is 0.123. The molecule has 0 saturated carbocycles. The van der Waals surface area contributed by atoms with Gasteiger partial charge in [-0.25, -0.2) is 0 Å². The third-order valence-corrected chi connectivity index (χ3v) is 2.67. The Morgan fingerprint density at radius 1 is 1.24 bits per heavy atom. The predicted octanol–water partition coefficient (Wildman–Crippen LogP) is 2.38. The lowest BCUT2D eigenvalue weighted by Crippen LogP contribution is -2.18. The summed E-state index contributed by atoms with van der Waals surface area (Å²) in [5, 5.41) is 3.23. The fourth-order valence-electron chi connectivity index (χ4n) is 1.71. The number of benzene rings is 1. The van der Waals surface area contributed by atoms with Crippen molar-refractivity contribution in [2.45, 2.75) is 26.9 Å². The fourth-order valence-corrected chi connectivity index (χ4v) is 1.71. The molecule has 96 valence electrons. The Hall–Kier alpha value is -1.06.